The molecule has 0 N–H and O–H groups in total. The van der Waals surface area contributed by atoms with Gasteiger partial charge in [-0.15, -0.1) is 0 Å². The van der Waals surface area contributed by atoms with Gasteiger partial charge in [-0.05, 0) is 26.3 Å². The fraction of sp³-hybridized carbons (Fsp3) is 0.727. The van der Waals surface area contributed by atoms with E-state index in [0.717, 1.165) is 30.8 Å². The van der Waals surface area contributed by atoms with E-state index < -0.39 is 9.84 Å². The maximum atomic E-state index is 11.2. The van der Waals surface area contributed by atoms with Crippen LogP contribution in [0.15, 0.2) is 10.6 Å². The van der Waals surface area contributed by atoms with Crippen LogP contribution in [-0.2, 0) is 9.84 Å². The zero-order chi connectivity index (χ0) is 12.5. The zero-order valence-electron chi connectivity index (χ0n) is 10.2. The molecule has 5 nitrogen and oxygen atoms in total. The maximum Gasteiger partial charge on any atom is 0.154 e. The van der Waals surface area contributed by atoms with Crippen molar-refractivity contribution in [1.29, 1.82) is 0 Å². The van der Waals surface area contributed by atoms with Gasteiger partial charge in [0, 0.05) is 18.9 Å². The molecule has 1 unspecified atom stereocenters. The lowest BCUT2D eigenvalue weighted by atomic mass is 10.1. The molecular formula is C11H18N2O3S. The molecular weight excluding hydrogens is 240 g/mol. The summed E-state index contributed by atoms with van der Waals surface area (Å²) in [6, 6.07) is 2.13. The molecule has 6 heteroatoms. The summed E-state index contributed by atoms with van der Waals surface area (Å²) in [4.78, 5) is 2.17. The molecule has 0 aromatic carbocycles. The predicted octanol–water partition coefficient (Wildman–Crippen LogP) is 1.16. The minimum absolute atomic E-state index is 0.193. The lowest BCUT2D eigenvalue weighted by Crippen LogP contribution is -2.28. The molecule has 0 bridgehead atoms. The lowest BCUT2D eigenvalue weighted by Gasteiger charge is -2.21. The molecule has 0 radical (unpaired) electrons. The monoisotopic (exact) mass is 258 g/mol. The van der Waals surface area contributed by atoms with Gasteiger partial charge >= 0.3 is 0 Å². The van der Waals surface area contributed by atoms with E-state index in [0.29, 0.717) is 6.54 Å². The summed E-state index contributed by atoms with van der Waals surface area (Å²) in [5.41, 5.74) is 0.870. The maximum absolute atomic E-state index is 11.2. The van der Waals surface area contributed by atoms with E-state index in [1.165, 1.54) is 6.26 Å². The molecule has 1 saturated heterocycles. The van der Waals surface area contributed by atoms with E-state index in [4.69, 9.17) is 4.52 Å². The summed E-state index contributed by atoms with van der Waals surface area (Å²) in [5.74, 6) is 1.06. The van der Waals surface area contributed by atoms with Gasteiger partial charge in [0.1, 0.15) is 9.84 Å². The van der Waals surface area contributed by atoms with Crippen LogP contribution in [0.3, 0.4) is 0 Å². The summed E-state index contributed by atoms with van der Waals surface area (Å²) in [6.07, 6.45) is 3.36. The second-order valence-corrected chi connectivity index (χ2v) is 6.95. The first kappa shape index (κ1) is 12.6. The fourth-order valence-corrected chi connectivity index (χ4v) is 2.81. The topological polar surface area (TPSA) is 63.4 Å². The number of hydrogen-bond acceptors (Lipinski definition) is 5. The Morgan fingerprint density at radius 1 is 1.59 bits per heavy atom. The average Bonchev–Trinajstić information content (AvgIpc) is 2.81. The second-order valence-electron chi connectivity index (χ2n) is 4.69. The van der Waals surface area contributed by atoms with E-state index >= 15 is 0 Å². The van der Waals surface area contributed by atoms with Crippen molar-refractivity contribution in [2.75, 3.05) is 25.1 Å². The quantitative estimate of drug-likeness (QED) is 0.811. The van der Waals surface area contributed by atoms with Gasteiger partial charge in [-0.3, -0.25) is 4.90 Å². The van der Waals surface area contributed by atoms with Crippen molar-refractivity contribution in [2.24, 2.45) is 0 Å². The van der Waals surface area contributed by atoms with Gasteiger partial charge in [-0.2, -0.15) is 0 Å². The lowest BCUT2D eigenvalue weighted by molar-refractivity contribution is 0.223. The van der Waals surface area contributed by atoms with Crippen molar-refractivity contribution in [3.63, 3.8) is 0 Å². The van der Waals surface area contributed by atoms with Crippen molar-refractivity contribution in [2.45, 2.75) is 25.8 Å². The normalized spacial score (nSPS) is 22.1. The molecule has 2 heterocycles. The summed E-state index contributed by atoms with van der Waals surface area (Å²) in [6.45, 7) is 3.39. The van der Waals surface area contributed by atoms with Crippen LogP contribution < -0.4 is 0 Å². The number of aromatic nitrogens is 1. The minimum Gasteiger partial charge on any atom is -0.359 e. The van der Waals surface area contributed by atoms with Gasteiger partial charge in [0.05, 0.1) is 17.5 Å². The molecule has 1 aromatic heterocycles. The summed E-state index contributed by atoms with van der Waals surface area (Å²) in [7, 11) is -2.90. The Labute approximate surface area is 102 Å². The number of hydrogen-bond donors (Lipinski definition) is 0. The molecule has 0 aliphatic carbocycles. The van der Waals surface area contributed by atoms with Crippen LogP contribution in [0, 0.1) is 6.92 Å². The molecule has 0 spiro atoms. The molecule has 1 aromatic rings. The zero-order valence-corrected chi connectivity index (χ0v) is 11.0. The first-order valence-corrected chi connectivity index (χ1v) is 7.87. The molecule has 1 aliphatic heterocycles. The van der Waals surface area contributed by atoms with E-state index in [1.54, 1.807) is 0 Å². The van der Waals surface area contributed by atoms with Crippen LogP contribution >= 0.6 is 0 Å². The molecule has 2 rings (SSSR count). The number of rotatable bonds is 4. The standard InChI is InChI=1S/C11H18N2O3S/c1-9-8-11(16-12-9)10-4-3-5-13(10)6-7-17(2,14)15/h8,10H,3-7H2,1-2H3. The van der Waals surface area contributed by atoms with Crippen LogP contribution in [0.5, 0.6) is 0 Å². The van der Waals surface area contributed by atoms with Crippen molar-refractivity contribution in [1.82, 2.24) is 10.1 Å². The highest BCUT2D eigenvalue weighted by Crippen LogP contribution is 2.31. The van der Waals surface area contributed by atoms with E-state index in [-0.39, 0.29) is 11.8 Å². The van der Waals surface area contributed by atoms with Crippen molar-refractivity contribution >= 4 is 9.84 Å². The highest BCUT2D eigenvalue weighted by Gasteiger charge is 2.29. The minimum atomic E-state index is -2.90. The highest BCUT2D eigenvalue weighted by molar-refractivity contribution is 7.90. The Hall–Kier alpha value is -0.880. The molecule has 0 saturated carbocycles. The SMILES string of the molecule is Cc1cc(C2CCCN2CCS(C)(=O)=O)on1. The van der Waals surface area contributed by atoms with E-state index in [9.17, 15) is 8.42 Å². The molecule has 96 valence electrons. The van der Waals surface area contributed by atoms with E-state index in [2.05, 4.69) is 10.1 Å². The van der Waals surface area contributed by atoms with Gasteiger partial charge in [0.15, 0.2) is 5.76 Å². The number of sulfone groups is 1. The molecule has 1 fully saturated rings. The van der Waals surface area contributed by atoms with Crippen LogP contribution in [0.2, 0.25) is 0 Å². The Kier molecular flexibility index (Phi) is 3.53. The molecule has 1 aliphatic rings. The Morgan fingerprint density at radius 2 is 2.35 bits per heavy atom. The molecule has 1 atom stereocenters. The molecule has 17 heavy (non-hydrogen) atoms. The summed E-state index contributed by atoms with van der Waals surface area (Å²) >= 11 is 0. The third kappa shape index (κ3) is 3.29. The average molecular weight is 258 g/mol. The van der Waals surface area contributed by atoms with Gasteiger partial charge in [0.25, 0.3) is 0 Å². The highest BCUT2D eigenvalue weighted by atomic mass is 32.2. The van der Waals surface area contributed by atoms with Crippen LogP contribution in [0.25, 0.3) is 0 Å². The van der Waals surface area contributed by atoms with Crippen molar-refractivity contribution < 1.29 is 12.9 Å². The van der Waals surface area contributed by atoms with Gasteiger partial charge in [-0.25, -0.2) is 8.42 Å². The van der Waals surface area contributed by atoms with Gasteiger partial charge in [0.2, 0.25) is 0 Å². The van der Waals surface area contributed by atoms with Crippen LogP contribution in [0.1, 0.15) is 30.3 Å². The van der Waals surface area contributed by atoms with Crippen LogP contribution in [-0.4, -0.2) is 43.6 Å². The number of likely N-dealkylation sites (tertiary alicyclic amines) is 1. The smallest absolute Gasteiger partial charge is 0.154 e. The number of aryl methyl sites for hydroxylation is 1. The Balaban J connectivity index is 2.02. The second kappa shape index (κ2) is 4.78. The third-order valence-corrected chi connectivity index (χ3v) is 4.01. The first-order valence-electron chi connectivity index (χ1n) is 5.81. The molecule has 0 amide bonds. The van der Waals surface area contributed by atoms with Gasteiger partial charge < -0.3 is 4.52 Å². The Bertz CT molecular complexity index is 481. The van der Waals surface area contributed by atoms with Crippen molar-refractivity contribution in [3.05, 3.63) is 17.5 Å². The number of nitrogens with zero attached hydrogens (tertiary/aromatic N) is 2. The summed E-state index contributed by atoms with van der Waals surface area (Å²) < 4.78 is 27.6. The third-order valence-electron chi connectivity index (χ3n) is 3.09. The fourth-order valence-electron chi connectivity index (χ4n) is 2.24. The van der Waals surface area contributed by atoms with Gasteiger partial charge in [-0.1, -0.05) is 5.16 Å². The predicted molar refractivity (Wildman–Crippen MR) is 64.5 cm³/mol. The first-order chi connectivity index (χ1) is 7.96. The van der Waals surface area contributed by atoms with Crippen LogP contribution in [0.4, 0.5) is 0 Å². The largest absolute Gasteiger partial charge is 0.359 e. The van der Waals surface area contributed by atoms with E-state index in [1.807, 2.05) is 13.0 Å². The van der Waals surface area contributed by atoms with Crippen molar-refractivity contribution in [3.8, 4) is 0 Å². The Morgan fingerprint density at radius 3 is 2.94 bits per heavy atom. The summed E-state index contributed by atoms with van der Waals surface area (Å²) in [5, 5.41) is 3.88.